The number of rotatable bonds is 7. The molecule has 3 aromatic rings. The molecule has 1 aliphatic rings. The summed E-state index contributed by atoms with van der Waals surface area (Å²) >= 11 is 0. The summed E-state index contributed by atoms with van der Waals surface area (Å²) < 4.78 is 18.5. The van der Waals surface area contributed by atoms with Crippen molar-refractivity contribution in [3.05, 3.63) is 78.1 Å². The van der Waals surface area contributed by atoms with Gasteiger partial charge in [0.15, 0.2) is 5.96 Å². The molecule has 33 heavy (non-hydrogen) atoms. The van der Waals surface area contributed by atoms with Gasteiger partial charge in [-0.1, -0.05) is 0 Å². The number of anilines is 2. The monoisotopic (exact) mass is 564 g/mol. The fraction of sp³-hybridized carbons (Fsp3) is 0.333. The van der Waals surface area contributed by atoms with E-state index in [0.717, 1.165) is 67.9 Å². The van der Waals surface area contributed by atoms with Crippen molar-refractivity contribution in [3.63, 3.8) is 0 Å². The molecule has 0 amide bonds. The molecule has 0 radical (unpaired) electrons. The molecule has 0 unspecified atom stereocenters. The number of halogens is 2. The largest absolute Gasteiger partial charge is 0.469 e. The van der Waals surface area contributed by atoms with Crippen LogP contribution in [0, 0.1) is 5.82 Å². The number of nitrogens with one attached hydrogen (secondary N) is 2. The van der Waals surface area contributed by atoms with E-state index in [1.54, 1.807) is 13.3 Å². The predicted molar refractivity (Wildman–Crippen MR) is 141 cm³/mol. The highest BCUT2D eigenvalue weighted by molar-refractivity contribution is 14.0. The third-order valence-electron chi connectivity index (χ3n) is 5.53. The third kappa shape index (κ3) is 7.08. The zero-order chi connectivity index (χ0) is 22.2. The van der Waals surface area contributed by atoms with E-state index in [4.69, 9.17) is 4.42 Å². The lowest BCUT2D eigenvalue weighted by Gasteiger charge is -2.36. The van der Waals surface area contributed by atoms with E-state index < -0.39 is 0 Å². The second-order valence-corrected chi connectivity index (χ2v) is 7.65. The topological polar surface area (TPSA) is 68.9 Å². The number of pyridine rings is 1. The molecular weight excluding hydrogens is 534 g/mol. The van der Waals surface area contributed by atoms with Gasteiger partial charge in [-0.15, -0.1) is 24.0 Å². The molecule has 4 rings (SSSR count). The average molecular weight is 564 g/mol. The molecule has 1 fully saturated rings. The number of guanidine groups is 1. The number of nitrogens with zero attached hydrogens (tertiary/aromatic N) is 4. The molecule has 176 valence electrons. The molecule has 3 heterocycles. The summed E-state index contributed by atoms with van der Waals surface area (Å²) in [6, 6.07) is 14.7. The second-order valence-electron chi connectivity index (χ2n) is 7.65. The Kier molecular flexibility index (Phi) is 9.35. The van der Waals surface area contributed by atoms with Gasteiger partial charge in [0.1, 0.15) is 17.4 Å². The average Bonchev–Trinajstić information content (AvgIpc) is 3.36. The van der Waals surface area contributed by atoms with Crippen LogP contribution < -0.4 is 20.4 Å². The van der Waals surface area contributed by atoms with Crippen LogP contribution in [0.2, 0.25) is 0 Å². The first-order valence-electron chi connectivity index (χ1n) is 10.9. The van der Waals surface area contributed by atoms with Crippen molar-refractivity contribution in [1.82, 2.24) is 15.6 Å². The number of benzene rings is 1. The molecule has 2 aromatic heterocycles. The van der Waals surface area contributed by atoms with Crippen molar-refractivity contribution in [3.8, 4) is 0 Å². The fourth-order valence-electron chi connectivity index (χ4n) is 3.75. The highest BCUT2D eigenvalue weighted by Crippen LogP contribution is 2.20. The van der Waals surface area contributed by atoms with E-state index in [1.807, 2.05) is 36.5 Å². The van der Waals surface area contributed by atoms with Gasteiger partial charge in [-0.25, -0.2) is 9.37 Å². The molecule has 7 nitrogen and oxygen atoms in total. The minimum absolute atomic E-state index is 0. The molecule has 9 heteroatoms. The lowest BCUT2D eigenvalue weighted by molar-refractivity contribution is 0.507. The number of piperazine rings is 1. The van der Waals surface area contributed by atoms with E-state index in [9.17, 15) is 4.39 Å². The Balaban J connectivity index is 0.00000306. The van der Waals surface area contributed by atoms with Crippen LogP contribution in [-0.4, -0.2) is 50.7 Å². The first-order chi connectivity index (χ1) is 15.7. The molecule has 0 bridgehead atoms. The first kappa shape index (κ1) is 24.8. The molecule has 2 N–H and O–H groups in total. The summed E-state index contributed by atoms with van der Waals surface area (Å²) in [5, 5.41) is 6.66. The Labute approximate surface area is 211 Å². The van der Waals surface area contributed by atoms with Crippen molar-refractivity contribution in [2.75, 3.05) is 49.6 Å². The Morgan fingerprint density at radius 2 is 1.82 bits per heavy atom. The zero-order valence-electron chi connectivity index (χ0n) is 18.7. The van der Waals surface area contributed by atoms with Crippen molar-refractivity contribution >= 4 is 41.4 Å². The van der Waals surface area contributed by atoms with Crippen LogP contribution in [0.5, 0.6) is 0 Å². The van der Waals surface area contributed by atoms with Crippen molar-refractivity contribution in [2.24, 2.45) is 4.99 Å². The SMILES string of the molecule is CN=C(NCCc1ccco1)NCc1ccnc(N2CCN(c3ccc(F)cc3)CC2)c1.I. The van der Waals surface area contributed by atoms with Crippen LogP contribution in [0.3, 0.4) is 0 Å². The van der Waals surface area contributed by atoms with Gasteiger partial charge in [-0.2, -0.15) is 0 Å². The van der Waals surface area contributed by atoms with E-state index in [-0.39, 0.29) is 29.8 Å². The molecule has 1 aliphatic heterocycles. The summed E-state index contributed by atoms with van der Waals surface area (Å²) in [5.74, 6) is 2.48. The van der Waals surface area contributed by atoms with Crippen molar-refractivity contribution in [1.29, 1.82) is 0 Å². The van der Waals surface area contributed by atoms with E-state index in [1.165, 1.54) is 12.1 Å². The van der Waals surface area contributed by atoms with Crippen LogP contribution >= 0.6 is 24.0 Å². The maximum absolute atomic E-state index is 13.2. The zero-order valence-corrected chi connectivity index (χ0v) is 21.0. The maximum atomic E-state index is 13.2. The van der Waals surface area contributed by atoms with Crippen LogP contribution in [0.15, 0.2) is 70.4 Å². The van der Waals surface area contributed by atoms with Gasteiger partial charge in [-0.05, 0) is 54.1 Å². The summed E-state index contributed by atoms with van der Waals surface area (Å²) in [6.45, 7) is 4.90. The Bertz CT molecular complexity index is 1000. The number of aromatic nitrogens is 1. The molecule has 1 saturated heterocycles. The Morgan fingerprint density at radius 1 is 1.06 bits per heavy atom. The van der Waals surface area contributed by atoms with Gasteiger partial charge in [0, 0.05) is 64.6 Å². The molecule has 0 aliphatic carbocycles. The predicted octanol–water partition coefficient (Wildman–Crippen LogP) is 3.67. The normalized spacial score (nSPS) is 14.1. The van der Waals surface area contributed by atoms with E-state index >= 15 is 0 Å². The maximum Gasteiger partial charge on any atom is 0.191 e. The summed E-state index contributed by atoms with van der Waals surface area (Å²) in [6.07, 6.45) is 4.34. The minimum Gasteiger partial charge on any atom is -0.469 e. The van der Waals surface area contributed by atoms with Crippen LogP contribution in [0.25, 0.3) is 0 Å². The van der Waals surface area contributed by atoms with Gasteiger partial charge >= 0.3 is 0 Å². The minimum atomic E-state index is -0.203. The summed E-state index contributed by atoms with van der Waals surface area (Å²) in [7, 11) is 1.76. The fourth-order valence-corrected chi connectivity index (χ4v) is 3.75. The van der Waals surface area contributed by atoms with E-state index in [2.05, 4.69) is 36.5 Å². The van der Waals surface area contributed by atoms with Crippen LogP contribution in [0.1, 0.15) is 11.3 Å². The summed E-state index contributed by atoms with van der Waals surface area (Å²) in [4.78, 5) is 13.4. The molecule has 0 atom stereocenters. The lowest BCUT2D eigenvalue weighted by atomic mass is 10.2. The van der Waals surface area contributed by atoms with Gasteiger partial charge in [0.25, 0.3) is 0 Å². The van der Waals surface area contributed by atoms with Crippen molar-refractivity contribution in [2.45, 2.75) is 13.0 Å². The third-order valence-corrected chi connectivity index (χ3v) is 5.53. The van der Waals surface area contributed by atoms with Gasteiger partial charge in [-0.3, -0.25) is 4.99 Å². The molecule has 0 spiro atoms. The Hall–Kier alpha value is -2.82. The molecule has 0 saturated carbocycles. The first-order valence-corrected chi connectivity index (χ1v) is 10.9. The molecule has 1 aromatic carbocycles. The van der Waals surface area contributed by atoms with E-state index in [0.29, 0.717) is 6.54 Å². The smallest absolute Gasteiger partial charge is 0.191 e. The highest BCUT2D eigenvalue weighted by atomic mass is 127. The van der Waals surface area contributed by atoms with Crippen LogP contribution in [0.4, 0.5) is 15.9 Å². The molecular formula is C24H30FIN6O. The lowest BCUT2D eigenvalue weighted by Crippen LogP contribution is -2.46. The van der Waals surface area contributed by atoms with Gasteiger partial charge in [0.05, 0.1) is 6.26 Å². The van der Waals surface area contributed by atoms with Gasteiger partial charge < -0.3 is 24.9 Å². The number of hydrogen-bond donors (Lipinski definition) is 2. The second kappa shape index (κ2) is 12.4. The quantitative estimate of drug-likeness (QED) is 0.260. The van der Waals surface area contributed by atoms with Crippen LogP contribution in [-0.2, 0) is 13.0 Å². The number of furan rings is 1. The van der Waals surface area contributed by atoms with Crippen molar-refractivity contribution < 1.29 is 8.81 Å². The standard InChI is InChI=1S/C24H29FN6O.HI/c1-26-24(28-11-9-22-3-2-16-32-22)29-18-19-8-10-27-23(17-19)31-14-12-30(13-15-31)21-6-4-20(25)5-7-21;/h2-8,10,16-17H,9,11-15,18H2,1H3,(H2,26,28,29);1H. The number of aliphatic imine (C=N–C) groups is 1. The highest BCUT2D eigenvalue weighted by Gasteiger charge is 2.18. The van der Waals surface area contributed by atoms with Gasteiger partial charge in [0.2, 0.25) is 0 Å². The summed E-state index contributed by atoms with van der Waals surface area (Å²) in [5.41, 5.74) is 2.20. The number of hydrogen-bond acceptors (Lipinski definition) is 5. The Morgan fingerprint density at radius 3 is 2.52 bits per heavy atom.